The number of aromatic amines is 1. The third-order valence-electron chi connectivity index (χ3n) is 3.86. The molecule has 0 spiro atoms. The van der Waals surface area contributed by atoms with Crippen molar-refractivity contribution in [1.82, 2.24) is 9.78 Å². The third kappa shape index (κ3) is 5.57. The molecular weight excluding hydrogens is 479 g/mol. The van der Waals surface area contributed by atoms with Crippen LogP contribution in [0.3, 0.4) is 0 Å². The zero-order valence-electron chi connectivity index (χ0n) is 16.0. The topological polar surface area (TPSA) is 211 Å². The van der Waals surface area contributed by atoms with Crippen LogP contribution < -0.4 is 40.2 Å². The van der Waals surface area contributed by atoms with Gasteiger partial charge in [0.2, 0.25) is 0 Å². The van der Waals surface area contributed by atoms with Crippen molar-refractivity contribution in [1.29, 1.82) is 0 Å². The van der Waals surface area contributed by atoms with Gasteiger partial charge in [-0.25, -0.2) is 4.68 Å². The third-order valence-corrected chi connectivity index (χ3v) is 5.60. The number of hydrogen-bond acceptors (Lipinski definition) is 9. The molecule has 0 amide bonds. The van der Waals surface area contributed by atoms with Gasteiger partial charge >= 0.3 is 29.6 Å². The summed E-state index contributed by atoms with van der Waals surface area (Å²) in [5.41, 5.74) is -2.25. The van der Waals surface area contributed by atoms with E-state index in [0.717, 1.165) is 53.2 Å². The molecule has 0 aliphatic rings. The maximum Gasteiger partial charge on any atom is 1.00 e. The van der Waals surface area contributed by atoms with Crippen molar-refractivity contribution in [2.45, 2.75) is 9.79 Å². The number of H-pyrrole nitrogens is 1. The Morgan fingerprint density at radius 2 is 1.34 bits per heavy atom. The number of aromatic carboxylic acids is 1. The molecule has 3 rings (SSSR count). The van der Waals surface area contributed by atoms with Gasteiger partial charge in [0.25, 0.3) is 25.8 Å². The van der Waals surface area contributed by atoms with Gasteiger partial charge in [-0.05, 0) is 48.5 Å². The first-order chi connectivity index (χ1) is 14.4. The van der Waals surface area contributed by atoms with Crippen LogP contribution in [-0.2, 0) is 20.2 Å². The van der Waals surface area contributed by atoms with Gasteiger partial charge in [0.1, 0.15) is 5.69 Å². The van der Waals surface area contributed by atoms with Crippen LogP contribution in [0.5, 0.6) is 0 Å². The summed E-state index contributed by atoms with van der Waals surface area (Å²) in [5, 5.41) is 20.9. The van der Waals surface area contributed by atoms with Crippen LogP contribution in [0.2, 0.25) is 0 Å². The SMILES string of the molecule is O=C([O-])c1[nH]n(-c2ccc(S(=O)(=O)O)cc2)c(=O)c1N=Nc1ccc(S(=O)(=O)O)cc1.[Na+]. The van der Waals surface area contributed by atoms with Crippen molar-refractivity contribution in [3.05, 3.63) is 64.6 Å². The summed E-state index contributed by atoms with van der Waals surface area (Å²) >= 11 is 0. The molecular formula is C16H11N4NaO9S2. The van der Waals surface area contributed by atoms with E-state index in [1.54, 1.807) is 0 Å². The van der Waals surface area contributed by atoms with E-state index in [9.17, 15) is 31.5 Å². The predicted molar refractivity (Wildman–Crippen MR) is 101 cm³/mol. The minimum absolute atomic E-state index is 0. The molecule has 3 aromatic rings. The second-order valence-electron chi connectivity index (χ2n) is 5.90. The Labute approximate surface area is 202 Å². The Balaban J connectivity index is 0.00000363. The zero-order valence-corrected chi connectivity index (χ0v) is 19.7. The van der Waals surface area contributed by atoms with Crippen molar-refractivity contribution >= 4 is 37.6 Å². The molecule has 0 unspecified atom stereocenters. The molecule has 162 valence electrons. The summed E-state index contributed by atoms with van der Waals surface area (Å²) in [7, 11) is -8.89. The first-order valence-electron chi connectivity index (χ1n) is 8.01. The molecule has 0 atom stereocenters. The van der Waals surface area contributed by atoms with Gasteiger partial charge in [0, 0.05) is 0 Å². The Morgan fingerprint density at radius 3 is 1.78 bits per heavy atom. The van der Waals surface area contributed by atoms with Gasteiger partial charge in [-0.3, -0.25) is 19.0 Å². The summed E-state index contributed by atoms with van der Waals surface area (Å²) in [6.07, 6.45) is 0. The summed E-state index contributed by atoms with van der Waals surface area (Å²) in [6, 6.07) is 8.62. The minimum atomic E-state index is -4.47. The smallest absolute Gasteiger partial charge is 0.543 e. The summed E-state index contributed by atoms with van der Waals surface area (Å²) in [4.78, 5) is 23.1. The quantitative estimate of drug-likeness (QED) is 0.188. The average molecular weight is 490 g/mol. The number of carbonyl (C=O) groups is 1. The van der Waals surface area contributed by atoms with E-state index in [1.807, 2.05) is 0 Å². The van der Waals surface area contributed by atoms with Crippen LogP contribution in [0, 0.1) is 0 Å². The van der Waals surface area contributed by atoms with Crippen molar-refractivity contribution in [3.63, 3.8) is 0 Å². The Kier molecular flexibility index (Phi) is 7.56. The number of hydrogen-bond donors (Lipinski definition) is 3. The number of azo groups is 1. The summed E-state index contributed by atoms with van der Waals surface area (Å²) in [5.74, 6) is -1.78. The zero-order chi connectivity index (χ0) is 23.0. The van der Waals surface area contributed by atoms with Crippen LogP contribution >= 0.6 is 0 Å². The monoisotopic (exact) mass is 490 g/mol. The van der Waals surface area contributed by atoms with Crippen LogP contribution in [0.15, 0.2) is 73.3 Å². The second-order valence-corrected chi connectivity index (χ2v) is 8.74. The first-order valence-corrected chi connectivity index (χ1v) is 10.9. The molecule has 32 heavy (non-hydrogen) atoms. The van der Waals surface area contributed by atoms with Crippen LogP contribution in [0.4, 0.5) is 11.4 Å². The molecule has 3 N–H and O–H groups in total. The first kappa shape index (κ1) is 25.6. The van der Waals surface area contributed by atoms with Gasteiger partial charge in [-0.2, -0.15) is 21.9 Å². The van der Waals surface area contributed by atoms with Crippen molar-refractivity contribution in [3.8, 4) is 5.69 Å². The molecule has 16 heteroatoms. The fourth-order valence-corrected chi connectivity index (χ4v) is 3.36. The summed E-state index contributed by atoms with van der Waals surface area (Å²) in [6.45, 7) is 0. The number of aromatic nitrogens is 2. The predicted octanol–water partition coefficient (Wildman–Crippen LogP) is -2.56. The molecule has 0 bridgehead atoms. The fraction of sp³-hybridized carbons (Fsp3) is 0. The van der Waals surface area contributed by atoms with Crippen molar-refractivity contribution < 1.29 is 65.4 Å². The van der Waals surface area contributed by atoms with Gasteiger partial charge in [-0.1, -0.05) is 0 Å². The molecule has 0 saturated carbocycles. The molecule has 2 aromatic carbocycles. The Morgan fingerprint density at radius 1 is 0.875 bits per heavy atom. The van der Waals surface area contributed by atoms with E-state index in [-0.39, 0.29) is 40.9 Å². The summed E-state index contributed by atoms with van der Waals surface area (Å²) < 4.78 is 63.0. The largest absolute Gasteiger partial charge is 1.00 e. The van der Waals surface area contributed by atoms with E-state index in [1.165, 1.54) is 0 Å². The molecule has 0 fully saturated rings. The Hall–Kier alpha value is -2.66. The van der Waals surface area contributed by atoms with E-state index in [0.29, 0.717) is 0 Å². The Bertz CT molecular complexity index is 1460. The number of carbonyl (C=O) groups excluding carboxylic acids is 1. The number of carboxylic acid groups (broad SMARTS) is 1. The standard InChI is InChI=1S/C16H12N4O9S2.Na/c21-15-13(18-17-9-1-5-11(6-2-9)30(24,25)26)14(16(22)23)19-20(15)10-3-7-12(8-4-10)31(27,28)29;/h1-8,19H,(H,22,23)(H,24,25,26)(H,27,28,29);/q;+1/p-1. The fourth-order valence-electron chi connectivity index (χ4n) is 2.40. The second kappa shape index (κ2) is 9.45. The molecule has 1 aromatic heterocycles. The molecule has 0 radical (unpaired) electrons. The van der Waals surface area contributed by atoms with Gasteiger partial charge < -0.3 is 9.90 Å². The molecule has 0 aliphatic carbocycles. The van der Waals surface area contributed by atoms with Crippen LogP contribution in [-0.4, -0.2) is 41.7 Å². The van der Waals surface area contributed by atoms with Gasteiger partial charge in [-0.15, -0.1) is 5.11 Å². The number of nitrogens with one attached hydrogen (secondary N) is 1. The maximum atomic E-state index is 12.6. The van der Waals surface area contributed by atoms with Crippen molar-refractivity contribution in [2.24, 2.45) is 10.2 Å². The molecule has 0 saturated heterocycles. The molecule has 0 aliphatic heterocycles. The minimum Gasteiger partial charge on any atom is -0.543 e. The maximum absolute atomic E-state index is 12.6. The van der Waals surface area contributed by atoms with Gasteiger partial charge in [0.15, 0.2) is 5.69 Å². The van der Waals surface area contributed by atoms with E-state index in [4.69, 9.17) is 9.11 Å². The normalized spacial score (nSPS) is 11.9. The van der Waals surface area contributed by atoms with E-state index < -0.39 is 52.9 Å². The number of rotatable bonds is 6. The number of carboxylic acids is 1. The molecule has 1 heterocycles. The average Bonchev–Trinajstić information content (AvgIpc) is 3.02. The van der Waals surface area contributed by atoms with Crippen LogP contribution in [0.25, 0.3) is 5.69 Å². The number of benzene rings is 2. The molecule has 13 nitrogen and oxygen atoms in total. The van der Waals surface area contributed by atoms with Gasteiger partial charge in [0.05, 0.1) is 27.1 Å². The number of nitrogens with zero attached hydrogens (tertiary/aromatic N) is 3. The van der Waals surface area contributed by atoms with E-state index in [2.05, 4.69) is 15.3 Å². The van der Waals surface area contributed by atoms with Crippen LogP contribution in [0.1, 0.15) is 10.5 Å². The van der Waals surface area contributed by atoms with Crippen molar-refractivity contribution in [2.75, 3.05) is 0 Å². The van der Waals surface area contributed by atoms with E-state index >= 15 is 0 Å².